The van der Waals surface area contributed by atoms with E-state index in [1.165, 1.54) is 0 Å². The number of ether oxygens (including phenoxy) is 2. The molecule has 1 amide bonds. The Morgan fingerprint density at radius 1 is 1.16 bits per heavy atom. The van der Waals surface area contributed by atoms with Crippen molar-refractivity contribution in [2.24, 2.45) is 0 Å². The van der Waals surface area contributed by atoms with Gasteiger partial charge in [0.15, 0.2) is 0 Å². The third kappa shape index (κ3) is 6.69. The molecule has 3 rings (SSSR count). The number of anilines is 1. The number of amides is 1. The van der Waals surface area contributed by atoms with Crippen molar-refractivity contribution in [3.63, 3.8) is 0 Å². The lowest BCUT2D eigenvalue weighted by molar-refractivity contribution is -0.155. The van der Waals surface area contributed by atoms with Crippen molar-refractivity contribution in [2.45, 2.75) is 38.9 Å². The minimum absolute atomic E-state index is 0.137. The lowest BCUT2D eigenvalue weighted by Gasteiger charge is -2.33. The number of carbonyl (C=O) groups is 2. The van der Waals surface area contributed by atoms with E-state index in [1.807, 2.05) is 32.9 Å². The fraction of sp³-hybridized carbons (Fsp3) is 0.417. The van der Waals surface area contributed by atoms with Crippen molar-refractivity contribution in [3.8, 4) is 0 Å². The van der Waals surface area contributed by atoms with Crippen LogP contribution < -0.4 is 4.42 Å². The van der Waals surface area contributed by atoms with E-state index >= 15 is 0 Å². The van der Waals surface area contributed by atoms with Crippen LogP contribution in [0.3, 0.4) is 0 Å². The molecular formula is C24H28Cl2N2O4. The maximum atomic E-state index is 12.7. The molecular weight excluding hydrogens is 451 g/mol. The van der Waals surface area contributed by atoms with Crippen LogP contribution in [0.2, 0.25) is 5.02 Å². The fourth-order valence-corrected chi connectivity index (χ4v) is 3.93. The van der Waals surface area contributed by atoms with Gasteiger partial charge < -0.3 is 9.47 Å². The summed E-state index contributed by atoms with van der Waals surface area (Å²) in [6.45, 7) is 8.20. The molecule has 0 bridgehead atoms. The number of hydrogen-bond acceptors (Lipinski definition) is 5. The topological polar surface area (TPSA) is 59.1 Å². The largest absolute Gasteiger partial charge is 0.460 e. The monoisotopic (exact) mass is 478 g/mol. The molecule has 0 aliphatic carbocycles. The van der Waals surface area contributed by atoms with Gasteiger partial charge in [0, 0.05) is 37.0 Å². The molecule has 2 aromatic rings. The first-order valence-electron chi connectivity index (χ1n) is 10.5. The third-order valence-corrected chi connectivity index (χ3v) is 5.63. The van der Waals surface area contributed by atoms with Crippen LogP contribution >= 0.6 is 23.4 Å². The van der Waals surface area contributed by atoms with Gasteiger partial charge in [-0.1, -0.05) is 35.9 Å². The predicted octanol–water partition coefficient (Wildman–Crippen LogP) is 5.25. The molecule has 1 unspecified atom stereocenters. The molecule has 1 aliphatic rings. The van der Waals surface area contributed by atoms with Crippen molar-refractivity contribution in [1.29, 1.82) is 0 Å². The molecule has 0 aromatic heterocycles. The van der Waals surface area contributed by atoms with Gasteiger partial charge in [-0.25, -0.2) is 4.42 Å². The van der Waals surface area contributed by atoms with Crippen molar-refractivity contribution < 1.29 is 19.1 Å². The van der Waals surface area contributed by atoms with Crippen LogP contribution in [-0.4, -0.2) is 48.6 Å². The summed E-state index contributed by atoms with van der Waals surface area (Å²) in [6.07, 6.45) is 0.201. The lowest BCUT2D eigenvalue weighted by Crippen LogP contribution is -2.40. The summed E-state index contributed by atoms with van der Waals surface area (Å²) in [5.74, 6) is -0.567. The highest BCUT2D eigenvalue weighted by Gasteiger charge is 2.24. The van der Waals surface area contributed by atoms with Crippen molar-refractivity contribution in [1.82, 2.24) is 4.90 Å². The summed E-state index contributed by atoms with van der Waals surface area (Å²) in [5.41, 5.74) is 1.36. The number of esters is 1. The standard InChI is InChI=1S/C24H28Cl2N2O4/c1-24(2,3)32-22(29)12-13-27-14-15-31-21(16-27)17-8-10-18(11-9-17)23(30)28(26)20-7-5-4-6-19(20)25/h4-11,21H,12-16H2,1-3H3. The third-order valence-electron chi connectivity index (χ3n) is 4.97. The Labute approximate surface area is 199 Å². The van der Waals surface area contributed by atoms with Gasteiger partial charge in [0.2, 0.25) is 0 Å². The SMILES string of the molecule is CC(C)(C)OC(=O)CCN1CCOC(c2ccc(C(=O)N(Cl)c3ccccc3Cl)cc2)C1. The minimum Gasteiger partial charge on any atom is -0.460 e. The molecule has 1 fully saturated rings. The second-order valence-corrected chi connectivity index (χ2v) is 9.40. The second kappa shape index (κ2) is 10.7. The van der Waals surface area contributed by atoms with Crippen LogP contribution in [0.15, 0.2) is 48.5 Å². The smallest absolute Gasteiger partial charge is 0.307 e. The molecule has 8 heteroatoms. The van der Waals surface area contributed by atoms with Crippen LogP contribution in [0, 0.1) is 0 Å². The number of rotatable bonds is 6. The summed E-state index contributed by atoms with van der Waals surface area (Å²) in [4.78, 5) is 26.9. The van der Waals surface area contributed by atoms with Gasteiger partial charge in [0.05, 0.1) is 29.8 Å². The Bertz CT molecular complexity index is 944. The van der Waals surface area contributed by atoms with Gasteiger partial charge >= 0.3 is 5.97 Å². The van der Waals surface area contributed by atoms with Crippen molar-refractivity contribution in [3.05, 3.63) is 64.7 Å². The zero-order chi connectivity index (χ0) is 23.3. The average Bonchev–Trinajstić information content (AvgIpc) is 2.76. The number of morpholine rings is 1. The Hall–Kier alpha value is -2.12. The van der Waals surface area contributed by atoms with E-state index in [0.29, 0.717) is 42.4 Å². The number of benzene rings is 2. The Balaban J connectivity index is 1.59. The predicted molar refractivity (Wildman–Crippen MR) is 126 cm³/mol. The summed E-state index contributed by atoms with van der Waals surface area (Å²) >= 11 is 12.4. The van der Waals surface area contributed by atoms with Gasteiger partial charge in [0.1, 0.15) is 5.60 Å². The highest BCUT2D eigenvalue weighted by Crippen LogP contribution is 2.29. The Kier molecular flexibility index (Phi) is 8.17. The normalized spacial score (nSPS) is 17.1. The number of carbonyl (C=O) groups excluding carboxylic acids is 2. The molecule has 32 heavy (non-hydrogen) atoms. The molecule has 0 radical (unpaired) electrons. The Morgan fingerprint density at radius 2 is 1.84 bits per heavy atom. The summed E-state index contributed by atoms with van der Waals surface area (Å²) in [6, 6.07) is 14.1. The molecule has 172 valence electrons. The lowest BCUT2D eigenvalue weighted by atomic mass is 10.0. The zero-order valence-electron chi connectivity index (χ0n) is 18.5. The van der Waals surface area contributed by atoms with Crippen molar-refractivity contribution in [2.75, 3.05) is 30.7 Å². The fourth-order valence-electron chi connectivity index (χ4n) is 3.42. The van der Waals surface area contributed by atoms with Gasteiger partial charge in [-0.15, -0.1) is 0 Å². The molecule has 6 nitrogen and oxygen atoms in total. The average molecular weight is 479 g/mol. The van der Waals surface area contributed by atoms with E-state index in [-0.39, 0.29) is 18.0 Å². The number of halogens is 2. The highest BCUT2D eigenvalue weighted by atomic mass is 35.5. The van der Waals surface area contributed by atoms with Crippen LogP contribution in [0.25, 0.3) is 0 Å². The molecule has 1 heterocycles. The van der Waals surface area contributed by atoms with Gasteiger partial charge in [-0.2, -0.15) is 0 Å². The van der Waals surface area contributed by atoms with Crippen LogP contribution in [0.5, 0.6) is 0 Å². The number of para-hydroxylation sites is 1. The van der Waals surface area contributed by atoms with Gasteiger partial charge in [-0.3, -0.25) is 14.5 Å². The first kappa shape index (κ1) is 24.5. The Morgan fingerprint density at radius 3 is 2.50 bits per heavy atom. The van der Waals surface area contributed by atoms with Crippen LogP contribution in [0.1, 0.15) is 49.2 Å². The van der Waals surface area contributed by atoms with Gasteiger partial charge in [0.25, 0.3) is 5.91 Å². The van der Waals surface area contributed by atoms with Crippen LogP contribution in [0.4, 0.5) is 5.69 Å². The number of nitrogens with zero attached hydrogens (tertiary/aromatic N) is 2. The minimum atomic E-state index is -0.478. The summed E-state index contributed by atoms with van der Waals surface area (Å²) in [7, 11) is 0. The summed E-state index contributed by atoms with van der Waals surface area (Å²) < 4.78 is 12.3. The molecule has 1 saturated heterocycles. The molecule has 1 atom stereocenters. The molecule has 2 aromatic carbocycles. The van der Waals surface area contributed by atoms with Crippen molar-refractivity contribution >= 4 is 40.9 Å². The van der Waals surface area contributed by atoms with E-state index in [9.17, 15) is 9.59 Å². The molecule has 0 spiro atoms. The van der Waals surface area contributed by atoms with E-state index in [0.717, 1.165) is 16.5 Å². The van der Waals surface area contributed by atoms with E-state index < -0.39 is 5.60 Å². The quantitative estimate of drug-likeness (QED) is 0.419. The zero-order valence-corrected chi connectivity index (χ0v) is 20.0. The molecule has 0 saturated carbocycles. The second-order valence-electron chi connectivity index (χ2n) is 8.66. The van der Waals surface area contributed by atoms with E-state index in [4.69, 9.17) is 32.9 Å². The highest BCUT2D eigenvalue weighted by molar-refractivity contribution is 6.43. The maximum Gasteiger partial charge on any atom is 0.307 e. The maximum absolute atomic E-state index is 12.7. The summed E-state index contributed by atoms with van der Waals surface area (Å²) in [5, 5.41) is 0.398. The number of hydrogen-bond donors (Lipinski definition) is 0. The van der Waals surface area contributed by atoms with E-state index in [1.54, 1.807) is 36.4 Å². The van der Waals surface area contributed by atoms with Crippen LogP contribution in [-0.2, 0) is 14.3 Å². The first-order valence-corrected chi connectivity index (χ1v) is 11.3. The van der Waals surface area contributed by atoms with E-state index in [2.05, 4.69) is 4.90 Å². The first-order chi connectivity index (χ1) is 15.1. The van der Waals surface area contributed by atoms with Gasteiger partial charge in [-0.05, 0) is 50.6 Å². The molecule has 1 aliphatic heterocycles. The molecule has 0 N–H and O–H groups in total.